The van der Waals surface area contributed by atoms with Gasteiger partial charge < -0.3 is 15.2 Å². The molecule has 1 atom stereocenters. The van der Waals surface area contributed by atoms with Crippen molar-refractivity contribution in [2.75, 3.05) is 12.4 Å². The zero-order valence-electron chi connectivity index (χ0n) is 13.9. The Morgan fingerprint density at radius 1 is 1.27 bits per heavy atom. The Kier molecular flexibility index (Phi) is 4.05. The highest BCUT2D eigenvalue weighted by Gasteiger charge is 2.31. The predicted octanol–water partition coefficient (Wildman–Crippen LogP) is 3.71. The van der Waals surface area contributed by atoms with Crippen LogP contribution < -0.4 is 10.1 Å². The summed E-state index contributed by atoms with van der Waals surface area (Å²) in [5, 5.41) is 13.4. The van der Waals surface area contributed by atoms with E-state index in [1.165, 1.54) is 7.11 Å². The van der Waals surface area contributed by atoms with Crippen LogP contribution in [0.4, 0.5) is 5.82 Å². The fraction of sp³-hybridized carbons (Fsp3) is 0.158. The van der Waals surface area contributed by atoms with Crippen LogP contribution in [-0.2, 0) is 4.79 Å². The summed E-state index contributed by atoms with van der Waals surface area (Å²) in [7, 11) is 1.49. The van der Waals surface area contributed by atoms with Gasteiger partial charge in [0, 0.05) is 23.0 Å². The SMILES string of the molecule is COc1cc(C2CC(=O)Nc3c2ncn3-c2ccc(Cl)cc2)ccc1O. The number of ether oxygens (including phenoxy) is 1. The number of carbonyl (C=O) groups is 1. The van der Waals surface area contributed by atoms with E-state index in [4.69, 9.17) is 16.3 Å². The number of methoxy groups -OCH3 is 1. The van der Waals surface area contributed by atoms with E-state index in [0.29, 0.717) is 16.6 Å². The first-order valence-corrected chi connectivity index (χ1v) is 8.44. The lowest BCUT2D eigenvalue weighted by Gasteiger charge is -2.23. The van der Waals surface area contributed by atoms with Crippen LogP contribution in [-0.4, -0.2) is 27.7 Å². The molecule has 0 aliphatic carbocycles. The highest BCUT2D eigenvalue weighted by atomic mass is 35.5. The Morgan fingerprint density at radius 3 is 2.77 bits per heavy atom. The van der Waals surface area contributed by atoms with Crippen LogP contribution in [0.25, 0.3) is 5.69 Å². The summed E-state index contributed by atoms with van der Waals surface area (Å²) in [4.78, 5) is 16.9. The summed E-state index contributed by atoms with van der Waals surface area (Å²) in [5.41, 5.74) is 2.48. The number of rotatable bonds is 3. The second kappa shape index (κ2) is 6.38. The fourth-order valence-electron chi connectivity index (χ4n) is 3.19. The second-order valence-corrected chi connectivity index (χ2v) is 6.50. The third-order valence-electron chi connectivity index (χ3n) is 4.48. The summed E-state index contributed by atoms with van der Waals surface area (Å²) < 4.78 is 7.02. The lowest BCUT2D eigenvalue weighted by molar-refractivity contribution is -0.116. The number of aromatic hydroxyl groups is 1. The average Bonchev–Trinajstić information content (AvgIpc) is 3.06. The number of halogens is 1. The van der Waals surface area contributed by atoms with Crippen molar-refractivity contribution < 1.29 is 14.6 Å². The summed E-state index contributed by atoms with van der Waals surface area (Å²) in [6.45, 7) is 0. The predicted molar refractivity (Wildman–Crippen MR) is 98.3 cm³/mol. The Balaban J connectivity index is 1.80. The maximum absolute atomic E-state index is 12.3. The van der Waals surface area contributed by atoms with E-state index >= 15 is 0 Å². The molecule has 2 N–H and O–H groups in total. The van der Waals surface area contributed by atoms with E-state index in [1.54, 1.807) is 36.7 Å². The molecule has 2 heterocycles. The minimum absolute atomic E-state index is 0.0587. The quantitative estimate of drug-likeness (QED) is 0.737. The van der Waals surface area contributed by atoms with Crippen LogP contribution >= 0.6 is 11.6 Å². The third-order valence-corrected chi connectivity index (χ3v) is 4.74. The van der Waals surface area contributed by atoms with E-state index in [2.05, 4.69) is 10.3 Å². The molecule has 0 fully saturated rings. The molecular formula is C19H16ClN3O3. The van der Waals surface area contributed by atoms with Crippen molar-refractivity contribution in [3.05, 3.63) is 65.1 Å². The van der Waals surface area contributed by atoms with Crippen molar-refractivity contribution in [3.63, 3.8) is 0 Å². The number of benzene rings is 2. The summed E-state index contributed by atoms with van der Waals surface area (Å²) >= 11 is 5.96. The van der Waals surface area contributed by atoms with Crippen LogP contribution in [0.1, 0.15) is 23.6 Å². The molecule has 4 rings (SSSR count). The number of hydrogen-bond acceptors (Lipinski definition) is 4. The fourth-order valence-corrected chi connectivity index (χ4v) is 3.32. The smallest absolute Gasteiger partial charge is 0.226 e. The molecule has 1 amide bonds. The Labute approximate surface area is 155 Å². The lowest BCUT2D eigenvalue weighted by Crippen LogP contribution is -2.24. The largest absolute Gasteiger partial charge is 0.504 e. The molecule has 7 heteroatoms. The highest BCUT2D eigenvalue weighted by molar-refractivity contribution is 6.30. The van der Waals surface area contributed by atoms with Crippen molar-refractivity contribution in [1.29, 1.82) is 0 Å². The number of aromatic nitrogens is 2. The van der Waals surface area contributed by atoms with Crippen molar-refractivity contribution >= 4 is 23.3 Å². The maximum Gasteiger partial charge on any atom is 0.226 e. The first kappa shape index (κ1) is 16.5. The van der Waals surface area contributed by atoms with Crippen LogP contribution in [0.3, 0.4) is 0 Å². The molecule has 1 aromatic heterocycles. The number of fused-ring (bicyclic) bond motifs is 1. The number of anilines is 1. The number of nitrogens with zero attached hydrogens (tertiary/aromatic N) is 2. The van der Waals surface area contributed by atoms with Gasteiger partial charge in [-0.2, -0.15) is 0 Å². The van der Waals surface area contributed by atoms with Crippen LogP contribution in [0, 0.1) is 0 Å². The van der Waals surface area contributed by atoms with Gasteiger partial charge in [0.25, 0.3) is 0 Å². The molecule has 0 saturated carbocycles. The molecule has 1 aliphatic heterocycles. The topological polar surface area (TPSA) is 76.4 Å². The molecule has 0 saturated heterocycles. The van der Waals surface area contributed by atoms with E-state index in [9.17, 15) is 9.90 Å². The number of carbonyl (C=O) groups excluding carboxylic acids is 1. The van der Waals surface area contributed by atoms with Gasteiger partial charge in [0.1, 0.15) is 12.1 Å². The molecule has 26 heavy (non-hydrogen) atoms. The minimum Gasteiger partial charge on any atom is -0.504 e. The molecule has 0 bridgehead atoms. The number of nitrogens with one attached hydrogen (secondary N) is 1. The Hall–Kier alpha value is -2.99. The van der Waals surface area contributed by atoms with Gasteiger partial charge in [-0.3, -0.25) is 9.36 Å². The molecule has 0 radical (unpaired) electrons. The van der Waals surface area contributed by atoms with E-state index in [0.717, 1.165) is 16.9 Å². The van der Waals surface area contributed by atoms with E-state index in [1.807, 2.05) is 16.7 Å². The number of imidazole rings is 1. The lowest BCUT2D eigenvalue weighted by atomic mass is 9.89. The molecule has 132 valence electrons. The normalized spacial score (nSPS) is 16.1. The molecule has 1 unspecified atom stereocenters. The van der Waals surface area contributed by atoms with Gasteiger partial charge in [0.15, 0.2) is 11.5 Å². The Morgan fingerprint density at radius 2 is 2.04 bits per heavy atom. The highest BCUT2D eigenvalue weighted by Crippen LogP contribution is 2.39. The average molecular weight is 370 g/mol. The first-order valence-electron chi connectivity index (χ1n) is 8.06. The van der Waals surface area contributed by atoms with Gasteiger partial charge in [-0.25, -0.2) is 4.98 Å². The van der Waals surface area contributed by atoms with Gasteiger partial charge in [0.2, 0.25) is 5.91 Å². The van der Waals surface area contributed by atoms with Gasteiger partial charge >= 0.3 is 0 Å². The van der Waals surface area contributed by atoms with Gasteiger partial charge in [-0.05, 0) is 42.0 Å². The number of phenolic OH excluding ortho intramolecular Hbond substituents is 1. The second-order valence-electron chi connectivity index (χ2n) is 6.06. The molecule has 2 aromatic carbocycles. The van der Waals surface area contributed by atoms with Gasteiger partial charge in [0.05, 0.1) is 12.8 Å². The molecular weight excluding hydrogens is 354 g/mol. The number of phenols is 1. The Bertz CT molecular complexity index is 982. The number of amides is 1. The molecule has 3 aromatic rings. The first-order chi connectivity index (χ1) is 12.6. The zero-order chi connectivity index (χ0) is 18.3. The van der Waals surface area contributed by atoms with Crippen LogP contribution in [0.2, 0.25) is 5.02 Å². The summed E-state index contributed by atoms with van der Waals surface area (Å²) in [6, 6.07) is 12.4. The van der Waals surface area contributed by atoms with Gasteiger partial charge in [-0.1, -0.05) is 17.7 Å². The third kappa shape index (κ3) is 2.78. The van der Waals surface area contributed by atoms with E-state index < -0.39 is 0 Å². The van der Waals surface area contributed by atoms with E-state index in [-0.39, 0.29) is 24.0 Å². The van der Waals surface area contributed by atoms with Crippen molar-refractivity contribution in [2.24, 2.45) is 0 Å². The molecule has 1 aliphatic rings. The van der Waals surface area contributed by atoms with Crippen molar-refractivity contribution in [1.82, 2.24) is 9.55 Å². The summed E-state index contributed by atoms with van der Waals surface area (Å²) in [5.74, 6) is 0.753. The molecule has 0 spiro atoms. The van der Waals surface area contributed by atoms with Crippen molar-refractivity contribution in [3.8, 4) is 17.2 Å². The monoisotopic (exact) mass is 369 g/mol. The minimum atomic E-state index is -0.221. The van der Waals surface area contributed by atoms with Crippen LogP contribution in [0.5, 0.6) is 11.5 Å². The van der Waals surface area contributed by atoms with Crippen LogP contribution in [0.15, 0.2) is 48.8 Å². The van der Waals surface area contributed by atoms with Gasteiger partial charge in [-0.15, -0.1) is 0 Å². The summed E-state index contributed by atoms with van der Waals surface area (Å²) in [6.07, 6.45) is 1.96. The van der Waals surface area contributed by atoms with Crippen molar-refractivity contribution in [2.45, 2.75) is 12.3 Å². The maximum atomic E-state index is 12.3. The number of hydrogen-bond donors (Lipinski definition) is 2. The zero-order valence-corrected chi connectivity index (χ0v) is 14.7. The molecule has 6 nitrogen and oxygen atoms in total. The standard InChI is InChI=1S/C19H16ClN3O3/c1-26-16-8-11(2-7-15(16)24)14-9-17(25)22-19-18(14)21-10-23(19)13-5-3-12(20)4-6-13/h2-8,10,14,24H,9H2,1H3,(H,22,25).